The van der Waals surface area contributed by atoms with Crippen LogP contribution in [-0.2, 0) is 9.59 Å². The van der Waals surface area contributed by atoms with E-state index in [0.717, 1.165) is 4.90 Å². The Bertz CT molecular complexity index is 969. The van der Waals surface area contributed by atoms with Crippen LogP contribution in [0.1, 0.15) is 12.5 Å². The lowest BCUT2D eigenvalue weighted by Crippen LogP contribution is -2.54. The van der Waals surface area contributed by atoms with Crippen LogP contribution in [0.5, 0.6) is 11.5 Å². The molecular weight excluding hydrogens is 428 g/mol. The molecule has 0 atom stereocenters. The minimum atomic E-state index is -0.801. The Balaban J connectivity index is 1.95. The molecule has 3 rings (SSSR count). The molecular formula is C20H17BrN2O5. The molecule has 28 heavy (non-hydrogen) atoms. The summed E-state index contributed by atoms with van der Waals surface area (Å²) >= 11 is 3.40. The maximum absolute atomic E-state index is 12.9. The SMILES string of the molecule is CCOc1ccc(/C=C2\C(=O)NC(=O)N(c3ccc(OC)cc3)C2=O)cc1Br. The number of anilines is 1. The molecule has 1 aliphatic rings. The van der Waals surface area contributed by atoms with Crippen LogP contribution in [0.3, 0.4) is 0 Å². The summed E-state index contributed by atoms with van der Waals surface area (Å²) in [6, 6.07) is 10.8. The molecule has 1 fully saturated rings. The summed E-state index contributed by atoms with van der Waals surface area (Å²) in [7, 11) is 1.52. The topological polar surface area (TPSA) is 84.9 Å². The first-order valence-corrected chi connectivity index (χ1v) is 9.21. The number of nitrogens with one attached hydrogen (secondary N) is 1. The zero-order chi connectivity index (χ0) is 20.3. The normalized spacial score (nSPS) is 15.6. The molecule has 0 spiro atoms. The van der Waals surface area contributed by atoms with Crippen molar-refractivity contribution in [1.29, 1.82) is 0 Å². The second-order valence-electron chi connectivity index (χ2n) is 5.78. The molecule has 0 saturated carbocycles. The fraction of sp³-hybridized carbons (Fsp3) is 0.150. The van der Waals surface area contributed by atoms with E-state index in [1.807, 2.05) is 6.92 Å². The van der Waals surface area contributed by atoms with Crippen molar-refractivity contribution in [3.63, 3.8) is 0 Å². The second-order valence-corrected chi connectivity index (χ2v) is 6.63. The highest BCUT2D eigenvalue weighted by Gasteiger charge is 2.36. The third-order valence-electron chi connectivity index (χ3n) is 4.00. The molecule has 8 heteroatoms. The fourth-order valence-corrected chi connectivity index (χ4v) is 3.18. The van der Waals surface area contributed by atoms with Crippen molar-refractivity contribution in [3.05, 3.63) is 58.1 Å². The number of hydrogen-bond donors (Lipinski definition) is 1. The lowest BCUT2D eigenvalue weighted by Gasteiger charge is -2.26. The number of barbiturate groups is 1. The molecule has 7 nitrogen and oxygen atoms in total. The fourth-order valence-electron chi connectivity index (χ4n) is 2.67. The summed E-state index contributed by atoms with van der Waals surface area (Å²) in [4.78, 5) is 38.3. The van der Waals surface area contributed by atoms with Gasteiger partial charge in [-0.15, -0.1) is 0 Å². The number of benzene rings is 2. The van der Waals surface area contributed by atoms with Crippen molar-refractivity contribution in [1.82, 2.24) is 5.32 Å². The van der Waals surface area contributed by atoms with Gasteiger partial charge >= 0.3 is 6.03 Å². The van der Waals surface area contributed by atoms with Crippen LogP contribution >= 0.6 is 15.9 Å². The summed E-state index contributed by atoms with van der Waals surface area (Å²) < 4.78 is 11.2. The van der Waals surface area contributed by atoms with Crippen LogP contribution in [0.4, 0.5) is 10.5 Å². The summed E-state index contributed by atoms with van der Waals surface area (Å²) in [6.45, 7) is 2.39. The first kappa shape index (κ1) is 19.6. The molecule has 2 aromatic carbocycles. The summed E-state index contributed by atoms with van der Waals surface area (Å²) in [5.41, 5.74) is 0.791. The van der Waals surface area contributed by atoms with Gasteiger partial charge in [0.05, 0.1) is 23.9 Å². The third kappa shape index (κ3) is 3.91. The van der Waals surface area contributed by atoms with E-state index in [-0.39, 0.29) is 5.57 Å². The number of imide groups is 2. The van der Waals surface area contributed by atoms with Gasteiger partial charge in [-0.1, -0.05) is 6.07 Å². The van der Waals surface area contributed by atoms with Crippen LogP contribution in [0.15, 0.2) is 52.5 Å². The van der Waals surface area contributed by atoms with E-state index in [0.29, 0.717) is 33.8 Å². The van der Waals surface area contributed by atoms with Gasteiger partial charge in [-0.2, -0.15) is 0 Å². The molecule has 0 aromatic heterocycles. The van der Waals surface area contributed by atoms with Crippen LogP contribution in [-0.4, -0.2) is 31.6 Å². The Kier molecular flexibility index (Phi) is 5.79. The monoisotopic (exact) mass is 444 g/mol. The highest BCUT2D eigenvalue weighted by molar-refractivity contribution is 9.10. The second kappa shape index (κ2) is 8.26. The number of hydrogen-bond acceptors (Lipinski definition) is 5. The minimum absolute atomic E-state index is 0.147. The van der Waals surface area contributed by atoms with Crippen LogP contribution in [0.25, 0.3) is 6.08 Å². The lowest BCUT2D eigenvalue weighted by molar-refractivity contribution is -0.122. The Labute approximate surface area is 170 Å². The molecule has 1 aliphatic heterocycles. The van der Waals surface area contributed by atoms with Crippen molar-refractivity contribution in [3.8, 4) is 11.5 Å². The highest BCUT2D eigenvalue weighted by atomic mass is 79.9. The van der Waals surface area contributed by atoms with E-state index in [9.17, 15) is 14.4 Å². The Morgan fingerprint density at radius 3 is 2.43 bits per heavy atom. The zero-order valence-corrected chi connectivity index (χ0v) is 16.8. The minimum Gasteiger partial charge on any atom is -0.497 e. The van der Waals surface area contributed by atoms with Crippen LogP contribution in [0, 0.1) is 0 Å². The standard InChI is InChI=1S/C20H17BrN2O5/c1-3-28-17-9-4-12(11-16(17)21)10-15-18(24)22-20(26)23(19(15)25)13-5-7-14(27-2)8-6-13/h4-11H,3H2,1-2H3,(H,22,24,26)/b15-10+. The molecule has 0 unspecified atom stereocenters. The van der Waals surface area contributed by atoms with E-state index in [1.54, 1.807) is 42.5 Å². The molecule has 1 saturated heterocycles. The largest absolute Gasteiger partial charge is 0.497 e. The number of methoxy groups -OCH3 is 1. The number of ether oxygens (including phenoxy) is 2. The van der Waals surface area contributed by atoms with Gasteiger partial charge in [0.2, 0.25) is 0 Å². The molecule has 1 N–H and O–H groups in total. The summed E-state index contributed by atoms with van der Waals surface area (Å²) in [5, 5.41) is 2.19. The summed E-state index contributed by atoms with van der Waals surface area (Å²) in [6.07, 6.45) is 1.43. The van der Waals surface area contributed by atoms with E-state index in [1.165, 1.54) is 13.2 Å². The molecule has 144 valence electrons. The zero-order valence-electron chi connectivity index (χ0n) is 15.2. The molecule has 1 heterocycles. The number of halogens is 1. The average Bonchev–Trinajstić information content (AvgIpc) is 2.67. The van der Waals surface area contributed by atoms with E-state index < -0.39 is 17.8 Å². The lowest BCUT2D eigenvalue weighted by atomic mass is 10.1. The van der Waals surface area contributed by atoms with Gasteiger partial charge in [0.1, 0.15) is 17.1 Å². The van der Waals surface area contributed by atoms with Gasteiger partial charge in [0.25, 0.3) is 11.8 Å². The number of amides is 4. The maximum atomic E-state index is 12.9. The van der Waals surface area contributed by atoms with Gasteiger partial charge in [0, 0.05) is 0 Å². The Morgan fingerprint density at radius 2 is 1.82 bits per heavy atom. The number of nitrogens with zero attached hydrogens (tertiary/aromatic N) is 1. The van der Waals surface area contributed by atoms with Gasteiger partial charge < -0.3 is 9.47 Å². The number of carbonyl (C=O) groups excluding carboxylic acids is 3. The first-order chi connectivity index (χ1) is 13.4. The predicted molar refractivity (Wildman–Crippen MR) is 107 cm³/mol. The molecule has 2 aromatic rings. The number of rotatable bonds is 5. The molecule has 0 radical (unpaired) electrons. The Hall–Kier alpha value is -3.13. The third-order valence-corrected chi connectivity index (χ3v) is 4.62. The van der Waals surface area contributed by atoms with E-state index in [2.05, 4.69) is 21.2 Å². The molecule has 4 amide bonds. The van der Waals surface area contributed by atoms with Crippen molar-refractivity contribution < 1.29 is 23.9 Å². The van der Waals surface area contributed by atoms with Gasteiger partial charge in [-0.3, -0.25) is 14.9 Å². The highest BCUT2D eigenvalue weighted by Crippen LogP contribution is 2.28. The molecule has 0 aliphatic carbocycles. The van der Waals surface area contributed by atoms with Gasteiger partial charge in [0.15, 0.2) is 0 Å². The van der Waals surface area contributed by atoms with Gasteiger partial charge in [-0.05, 0) is 70.9 Å². The first-order valence-electron chi connectivity index (χ1n) is 8.42. The van der Waals surface area contributed by atoms with Crippen molar-refractivity contribution in [2.45, 2.75) is 6.92 Å². The van der Waals surface area contributed by atoms with Crippen molar-refractivity contribution in [2.24, 2.45) is 0 Å². The quantitative estimate of drug-likeness (QED) is 0.563. The number of urea groups is 1. The Morgan fingerprint density at radius 1 is 1.11 bits per heavy atom. The summed E-state index contributed by atoms with van der Waals surface area (Å²) in [5.74, 6) is -0.215. The number of carbonyl (C=O) groups is 3. The van der Waals surface area contributed by atoms with E-state index in [4.69, 9.17) is 9.47 Å². The van der Waals surface area contributed by atoms with E-state index >= 15 is 0 Å². The van der Waals surface area contributed by atoms with Crippen LogP contribution in [0.2, 0.25) is 0 Å². The molecule has 0 bridgehead atoms. The smallest absolute Gasteiger partial charge is 0.335 e. The maximum Gasteiger partial charge on any atom is 0.335 e. The predicted octanol–water partition coefficient (Wildman–Crippen LogP) is 3.52. The average molecular weight is 445 g/mol. The van der Waals surface area contributed by atoms with Crippen molar-refractivity contribution >= 4 is 45.5 Å². The van der Waals surface area contributed by atoms with Crippen molar-refractivity contribution in [2.75, 3.05) is 18.6 Å². The van der Waals surface area contributed by atoms with Crippen LogP contribution < -0.4 is 19.7 Å². The van der Waals surface area contributed by atoms with Gasteiger partial charge in [-0.25, -0.2) is 9.69 Å².